The first-order valence-corrected chi connectivity index (χ1v) is 10.6. The van der Waals surface area contributed by atoms with Gasteiger partial charge in [-0.3, -0.25) is 9.69 Å². The predicted molar refractivity (Wildman–Crippen MR) is 114 cm³/mol. The third-order valence-electron chi connectivity index (χ3n) is 5.23. The average Bonchev–Trinajstić information content (AvgIpc) is 3.12. The normalized spacial score (nSPS) is 18.0. The third-order valence-corrected chi connectivity index (χ3v) is 5.97. The van der Waals surface area contributed by atoms with Gasteiger partial charge in [0, 0.05) is 19.6 Å². The van der Waals surface area contributed by atoms with Crippen molar-refractivity contribution in [3.05, 3.63) is 69.7 Å². The van der Waals surface area contributed by atoms with Crippen LogP contribution in [0.2, 0.25) is 10.0 Å². The van der Waals surface area contributed by atoms with E-state index >= 15 is 0 Å². The van der Waals surface area contributed by atoms with Crippen molar-refractivity contribution in [1.82, 2.24) is 9.80 Å². The predicted octanol–water partition coefficient (Wildman–Crippen LogP) is 4.44. The maximum absolute atomic E-state index is 13.5. The van der Waals surface area contributed by atoms with Gasteiger partial charge < -0.3 is 10.0 Å². The van der Waals surface area contributed by atoms with E-state index in [9.17, 15) is 18.7 Å². The number of hydrogen-bond donors (Lipinski definition) is 1. The summed E-state index contributed by atoms with van der Waals surface area (Å²) in [5, 5.41) is 10.5. The number of alkyl halides is 2. The molecule has 3 rings (SSSR count). The van der Waals surface area contributed by atoms with Crippen molar-refractivity contribution in [2.45, 2.75) is 31.4 Å². The zero-order chi connectivity index (χ0) is 21.7. The second kappa shape index (κ2) is 10.5. The van der Waals surface area contributed by atoms with Gasteiger partial charge in [0.05, 0.1) is 35.2 Å². The van der Waals surface area contributed by atoms with E-state index in [2.05, 4.69) is 0 Å². The standard InChI is InChI=1S/C22H24Cl2F2N2O2/c23-18-7-6-15(10-19(18)24)11-22(30)28(14-21(25)26)20(16-4-2-1-3-5-16)13-27-9-8-17(29)12-27/h1-7,10,17,20-21,29H,8-9,11-14H2/t17-,20+/m0/s1. The lowest BCUT2D eigenvalue weighted by Gasteiger charge is -2.35. The van der Waals surface area contributed by atoms with Crippen LogP contribution >= 0.6 is 23.2 Å². The van der Waals surface area contributed by atoms with Gasteiger partial charge in [-0.25, -0.2) is 8.78 Å². The van der Waals surface area contributed by atoms with E-state index < -0.39 is 31.0 Å². The number of aliphatic hydroxyl groups excluding tert-OH is 1. The fourth-order valence-electron chi connectivity index (χ4n) is 3.76. The first-order chi connectivity index (χ1) is 14.3. The van der Waals surface area contributed by atoms with E-state index in [1.165, 1.54) is 4.90 Å². The van der Waals surface area contributed by atoms with E-state index in [0.717, 1.165) is 5.56 Å². The highest BCUT2D eigenvalue weighted by atomic mass is 35.5. The van der Waals surface area contributed by atoms with Gasteiger partial charge in [0.1, 0.15) is 0 Å². The molecule has 2 aromatic carbocycles. The van der Waals surface area contributed by atoms with Gasteiger partial charge >= 0.3 is 0 Å². The Labute approximate surface area is 185 Å². The van der Waals surface area contributed by atoms with Gasteiger partial charge in [0.15, 0.2) is 0 Å². The number of likely N-dealkylation sites (tertiary alicyclic amines) is 1. The van der Waals surface area contributed by atoms with Crippen LogP contribution in [0.4, 0.5) is 8.78 Å². The molecule has 4 nitrogen and oxygen atoms in total. The third kappa shape index (κ3) is 6.14. The second-order valence-electron chi connectivity index (χ2n) is 7.49. The van der Waals surface area contributed by atoms with Crippen molar-refractivity contribution in [2.24, 2.45) is 0 Å². The maximum Gasteiger partial charge on any atom is 0.255 e. The molecule has 0 aromatic heterocycles. The number of amides is 1. The Morgan fingerprint density at radius 3 is 2.50 bits per heavy atom. The highest BCUT2D eigenvalue weighted by Gasteiger charge is 2.31. The van der Waals surface area contributed by atoms with Crippen molar-refractivity contribution in [2.75, 3.05) is 26.2 Å². The van der Waals surface area contributed by atoms with Crippen molar-refractivity contribution in [3.8, 4) is 0 Å². The molecule has 0 saturated carbocycles. The van der Waals surface area contributed by atoms with Crippen LogP contribution in [0, 0.1) is 0 Å². The summed E-state index contributed by atoms with van der Waals surface area (Å²) in [5.41, 5.74) is 1.39. The number of carbonyl (C=O) groups excluding carboxylic acids is 1. The van der Waals surface area contributed by atoms with E-state index in [0.29, 0.717) is 41.7 Å². The molecule has 162 valence electrons. The lowest BCUT2D eigenvalue weighted by Crippen LogP contribution is -2.44. The van der Waals surface area contributed by atoms with Gasteiger partial charge in [-0.15, -0.1) is 0 Å². The van der Waals surface area contributed by atoms with Gasteiger partial charge in [0.25, 0.3) is 6.43 Å². The van der Waals surface area contributed by atoms with Gasteiger partial charge in [-0.05, 0) is 29.7 Å². The Hall–Kier alpha value is -1.73. The molecule has 0 radical (unpaired) electrons. The molecule has 1 heterocycles. The molecule has 0 bridgehead atoms. The molecule has 2 atom stereocenters. The summed E-state index contributed by atoms with van der Waals surface area (Å²) in [5.74, 6) is -0.415. The van der Waals surface area contributed by atoms with Crippen molar-refractivity contribution in [3.63, 3.8) is 0 Å². The Kier molecular flexibility index (Phi) is 8.06. The van der Waals surface area contributed by atoms with Crippen LogP contribution in [0.3, 0.4) is 0 Å². The molecule has 1 aliphatic heterocycles. The van der Waals surface area contributed by atoms with Gasteiger partial charge in [-0.1, -0.05) is 59.6 Å². The molecule has 0 unspecified atom stereocenters. The summed E-state index contributed by atoms with van der Waals surface area (Å²) in [6, 6.07) is 13.4. The van der Waals surface area contributed by atoms with Crippen LogP contribution in [0.15, 0.2) is 48.5 Å². The SMILES string of the molecule is O=C(Cc1ccc(Cl)c(Cl)c1)N(CC(F)F)[C@H](CN1CC[C@H](O)C1)c1ccccc1. The largest absolute Gasteiger partial charge is 0.392 e. The molecule has 2 aromatic rings. The van der Waals surface area contributed by atoms with Crippen LogP contribution in [0.25, 0.3) is 0 Å². The van der Waals surface area contributed by atoms with E-state index in [1.54, 1.807) is 18.2 Å². The highest BCUT2D eigenvalue weighted by Crippen LogP contribution is 2.27. The van der Waals surface area contributed by atoms with E-state index in [-0.39, 0.29) is 6.42 Å². The fraction of sp³-hybridized carbons (Fsp3) is 0.409. The smallest absolute Gasteiger partial charge is 0.255 e. The van der Waals surface area contributed by atoms with Gasteiger partial charge in [-0.2, -0.15) is 0 Å². The van der Waals surface area contributed by atoms with E-state index in [4.69, 9.17) is 23.2 Å². The summed E-state index contributed by atoms with van der Waals surface area (Å²) in [6.45, 7) is 0.831. The maximum atomic E-state index is 13.5. The number of aliphatic hydroxyl groups is 1. The summed E-state index contributed by atoms with van der Waals surface area (Å²) in [7, 11) is 0. The van der Waals surface area contributed by atoms with Crippen LogP contribution in [0.5, 0.6) is 0 Å². The second-order valence-corrected chi connectivity index (χ2v) is 8.31. The Balaban J connectivity index is 1.87. The molecule has 1 aliphatic rings. The summed E-state index contributed by atoms with van der Waals surface area (Å²) < 4.78 is 26.9. The average molecular weight is 457 g/mol. The summed E-state index contributed by atoms with van der Waals surface area (Å²) >= 11 is 12.0. The summed E-state index contributed by atoms with van der Waals surface area (Å²) in [4.78, 5) is 16.4. The number of carbonyl (C=O) groups is 1. The molecule has 8 heteroatoms. The molecule has 1 saturated heterocycles. The lowest BCUT2D eigenvalue weighted by molar-refractivity contribution is -0.135. The van der Waals surface area contributed by atoms with Crippen molar-refractivity contribution >= 4 is 29.1 Å². The number of halogens is 4. The molecule has 0 aliphatic carbocycles. The number of nitrogens with zero attached hydrogens (tertiary/aromatic N) is 2. The quantitative estimate of drug-likeness (QED) is 0.638. The molecule has 0 spiro atoms. The first-order valence-electron chi connectivity index (χ1n) is 9.80. The minimum absolute atomic E-state index is 0.0600. The van der Waals surface area contributed by atoms with Crippen molar-refractivity contribution in [1.29, 1.82) is 0 Å². The Morgan fingerprint density at radius 2 is 1.90 bits per heavy atom. The molecular weight excluding hydrogens is 433 g/mol. The van der Waals surface area contributed by atoms with Gasteiger partial charge in [0.2, 0.25) is 5.91 Å². The van der Waals surface area contributed by atoms with E-state index in [1.807, 2.05) is 35.2 Å². The topological polar surface area (TPSA) is 43.8 Å². The molecule has 30 heavy (non-hydrogen) atoms. The molecule has 1 N–H and O–H groups in total. The zero-order valence-electron chi connectivity index (χ0n) is 16.4. The zero-order valence-corrected chi connectivity index (χ0v) is 17.9. The molecular formula is C22H24Cl2F2N2O2. The Bertz CT molecular complexity index is 854. The lowest BCUT2D eigenvalue weighted by atomic mass is 10.0. The minimum atomic E-state index is -2.67. The fourth-order valence-corrected chi connectivity index (χ4v) is 4.08. The molecule has 1 fully saturated rings. The Morgan fingerprint density at radius 1 is 1.17 bits per heavy atom. The number of hydrogen-bond acceptors (Lipinski definition) is 3. The van der Waals surface area contributed by atoms with Crippen LogP contribution in [-0.4, -0.2) is 59.5 Å². The molecule has 1 amide bonds. The van der Waals surface area contributed by atoms with Crippen LogP contribution < -0.4 is 0 Å². The van der Waals surface area contributed by atoms with Crippen LogP contribution in [0.1, 0.15) is 23.6 Å². The van der Waals surface area contributed by atoms with Crippen LogP contribution in [-0.2, 0) is 11.2 Å². The number of β-amino-alcohol motifs (C(OH)–C–C–N with tert-alkyl or cyclic N) is 1. The minimum Gasteiger partial charge on any atom is -0.392 e. The number of benzene rings is 2. The summed E-state index contributed by atoms with van der Waals surface area (Å²) in [6.07, 6.45) is -2.53. The first kappa shape index (κ1) is 22.9. The monoisotopic (exact) mass is 456 g/mol. The number of rotatable bonds is 8. The van der Waals surface area contributed by atoms with Crippen molar-refractivity contribution < 1.29 is 18.7 Å². The highest BCUT2D eigenvalue weighted by molar-refractivity contribution is 6.42.